The van der Waals surface area contributed by atoms with Gasteiger partial charge in [-0.3, -0.25) is 14.9 Å². The molecule has 2 amide bonds. The molecule has 0 atom stereocenters. The van der Waals surface area contributed by atoms with E-state index < -0.39 is 0 Å². The van der Waals surface area contributed by atoms with E-state index in [1.807, 2.05) is 35.8 Å². The normalized spacial score (nSPS) is 15.3. The van der Waals surface area contributed by atoms with Crippen LogP contribution in [0.4, 0.5) is 5.95 Å². The van der Waals surface area contributed by atoms with Gasteiger partial charge < -0.3 is 14.8 Å². The Morgan fingerprint density at radius 2 is 2.23 bits per heavy atom. The lowest BCUT2D eigenvalue weighted by atomic mass is 10.3. The number of para-hydroxylation sites is 2. The second kappa shape index (κ2) is 6.15. The number of benzene rings is 1. The summed E-state index contributed by atoms with van der Waals surface area (Å²) in [7, 11) is 0. The lowest BCUT2D eigenvalue weighted by Gasteiger charge is -2.26. The fourth-order valence-electron chi connectivity index (χ4n) is 2.64. The third-order valence-electron chi connectivity index (χ3n) is 3.74. The van der Waals surface area contributed by atoms with Crippen molar-refractivity contribution in [3.8, 4) is 0 Å². The second-order valence-corrected chi connectivity index (χ2v) is 5.21. The number of carbonyl (C=O) groups is 2. The van der Waals surface area contributed by atoms with E-state index in [4.69, 9.17) is 0 Å². The van der Waals surface area contributed by atoms with Crippen LogP contribution in [0.2, 0.25) is 0 Å². The molecule has 0 aliphatic carbocycles. The van der Waals surface area contributed by atoms with Gasteiger partial charge in [0.15, 0.2) is 0 Å². The van der Waals surface area contributed by atoms with Crippen molar-refractivity contribution in [2.24, 2.45) is 0 Å². The SMILES string of the molecule is CCn1c(NC(=O)CN2CCNCC2=O)nc2ccccc21. The third kappa shape index (κ3) is 2.80. The van der Waals surface area contributed by atoms with Crippen molar-refractivity contribution in [1.29, 1.82) is 0 Å². The molecule has 7 nitrogen and oxygen atoms in total. The molecule has 1 fully saturated rings. The topological polar surface area (TPSA) is 79.3 Å². The molecule has 1 aliphatic rings. The summed E-state index contributed by atoms with van der Waals surface area (Å²) in [5.74, 6) is 0.252. The van der Waals surface area contributed by atoms with Crippen molar-refractivity contribution in [1.82, 2.24) is 19.8 Å². The first-order chi connectivity index (χ1) is 10.7. The Balaban J connectivity index is 1.75. The summed E-state index contributed by atoms with van der Waals surface area (Å²) in [6, 6.07) is 7.75. The largest absolute Gasteiger partial charge is 0.331 e. The quantitative estimate of drug-likeness (QED) is 0.858. The monoisotopic (exact) mass is 301 g/mol. The van der Waals surface area contributed by atoms with Gasteiger partial charge >= 0.3 is 0 Å². The molecular weight excluding hydrogens is 282 g/mol. The van der Waals surface area contributed by atoms with Crippen molar-refractivity contribution < 1.29 is 9.59 Å². The number of aromatic nitrogens is 2. The number of anilines is 1. The van der Waals surface area contributed by atoms with Crippen LogP contribution in [0.1, 0.15) is 6.92 Å². The molecule has 116 valence electrons. The van der Waals surface area contributed by atoms with Crippen molar-refractivity contribution in [2.75, 3.05) is 31.5 Å². The minimum absolute atomic E-state index is 0.0506. The summed E-state index contributed by atoms with van der Waals surface area (Å²) in [5.41, 5.74) is 1.83. The number of fused-ring (bicyclic) bond motifs is 1. The maximum absolute atomic E-state index is 12.2. The first-order valence-corrected chi connectivity index (χ1v) is 7.42. The Bertz CT molecular complexity index is 709. The number of hydrogen-bond acceptors (Lipinski definition) is 4. The van der Waals surface area contributed by atoms with Gasteiger partial charge in [-0.25, -0.2) is 4.98 Å². The Hall–Kier alpha value is -2.41. The van der Waals surface area contributed by atoms with E-state index >= 15 is 0 Å². The molecule has 2 N–H and O–H groups in total. The van der Waals surface area contributed by atoms with Gasteiger partial charge in [0, 0.05) is 19.6 Å². The number of nitrogens with zero attached hydrogens (tertiary/aromatic N) is 3. The van der Waals surface area contributed by atoms with Crippen LogP contribution < -0.4 is 10.6 Å². The molecule has 1 saturated heterocycles. The molecule has 3 rings (SSSR count). The van der Waals surface area contributed by atoms with E-state index in [2.05, 4.69) is 15.6 Å². The lowest BCUT2D eigenvalue weighted by molar-refractivity contribution is -0.135. The minimum atomic E-state index is -0.222. The number of piperazine rings is 1. The zero-order chi connectivity index (χ0) is 15.5. The van der Waals surface area contributed by atoms with Gasteiger partial charge in [-0.1, -0.05) is 12.1 Å². The zero-order valence-corrected chi connectivity index (χ0v) is 12.5. The van der Waals surface area contributed by atoms with Crippen molar-refractivity contribution in [3.63, 3.8) is 0 Å². The van der Waals surface area contributed by atoms with E-state index in [0.29, 0.717) is 32.1 Å². The van der Waals surface area contributed by atoms with Gasteiger partial charge in [-0.05, 0) is 19.1 Å². The van der Waals surface area contributed by atoms with Gasteiger partial charge in [0.2, 0.25) is 17.8 Å². The van der Waals surface area contributed by atoms with Crippen LogP contribution in [0.15, 0.2) is 24.3 Å². The van der Waals surface area contributed by atoms with Crippen LogP contribution in [0.25, 0.3) is 11.0 Å². The molecule has 1 aromatic carbocycles. The standard InChI is InChI=1S/C15H19N5O2/c1-2-20-12-6-4-3-5-11(12)17-15(20)18-13(21)10-19-8-7-16-9-14(19)22/h3-6,16H,2,7-10H2,1H3,(H,17,18,21). The Morgan fingerprint density at radius 1 is 1.41 bits per heavy atom. The van der Waals surface area contributed by atoms with E-state index in [0.717, 1.165) is 11.0 Å². The summed E-state index contributed by atoms with van der Waals surface area (Å²) >= 11 is 0. The highest BCUT2D eigenvalue weighted by molar-refractivity contribution is 5.95. The van der Waals surface area contributed by atoms with Crippen LogP contribution in [0.5, 0.6) is 0 Å². The first-order valence-electron chi connectivity index (χ1n) is 7.42. The van der Waals surface area contributed by atoms with Crippen LogP contribution in [0.3, 0.4) is 0 Å². The van der Waals surface area contributed by atoms with Crippen molar-refractivity contribution in [3.05, 3.63) is 24.3 Å². The van der Waals surface area contributed by atoms with E-state index in [-0.39, 0.29) is 18.4 Å². The smallest absolute Gasteiger partial charge is 0.246 e. The number of carbonyl (C=O) groups excluding carboxylic acids is 2. The average molecular weight is 301 g/mol. The van der Waals surface area contributed by atoms with E-state index in [1.54, 1.807) is 4.90 Å². The summed E-state index contributed by atoms with van der Waals surface area (Å²) < 4.78 is 1.95. The molecular formula is C15H19N5O2. The van der Waals surface area contributed by atoms with Gasteiger partial charge in [0.1, 0.15) is 6.54 Å². The second-order valence-electron chi connectivity index (χ2n) is 5.21. The minimum Gasteiger partial charge on any atom is -0.331 e. The molecule has 2 aromatic rings. The summed E-state index contributed by atoms with van der Waals surface area (Å²) in [6.45, 7) is 4.34. The number of aryl methyl sites for hydroxylation is 1. The van der Waals surface area contributed by atoms with Crippen LogP contribution in [-0.4, -0.2) is 52.4 Å². The summed E-state index contributed by atoms with van der Waals surface area (Å²) in [4.78, 5) is 29.9. The van der Waals surface area contributed by atoms with Gasteiger partial charge in [-0.2, -0.15) is 0 Å². The highest BCUT2D eigenvalue weighted by atomic mass is 16.2. The number of hydrogen-bond donors (Lipinski definition) is 2. The van der Waals surface area contributed by atoms with Gasteiger partial charge in [0.05, 0.1) is 17.6 Å². The number of nitrogens with one attached hydrogen (secondary N) is 2. The van der Waals surface area contributed by atoms with Crippen LogP contribution in [-0.2, 0) is 16.1 Å². The Morgan fingerprint density at radius 3 is 3.00 bits per heavy atom. The molecule has 2 heterocycles. The molecule has 22 heavy (non-hydrogen) atoms. The highest BCUT2D eigenvalue weighted by Crippen LogP contribution is 2.19. The Kier molecular flexibility index (Phi) is 4.06. The number of rotatable bonds is 4. The maximum Gasteiger partial charge on any atom is 0.246 e. The fourth-order valence-corrected chi connectivity index (χ4v) is 2.64. The predicted molar refractivity (Wildman–Crippen MR) is 83.5 cm³/mol. The molecule has 0 spiro atoms. The molecule has 0 radical (unpaired) electrons. The Labute approximate surface area is 128 Å². The lowest BCUT2D eigenvalue weighted by Crippen LogP contribution is -2.50. The zero-order valence-electron chi connectivity index (χ0n) is 12.5. The molecule has 7 heteroatoms. The molecule has 1 aromatic heterocycles. The summed E-state index contributed by atoms with van der Waals surface area (Å²) in [5, 5.41) is 5.80. The molecule has 0 saturated carbocycles. The molecule has 1 aliphatic heterocycles. The van der Waals surface area contributed by atoms with E-state index in [1.165, 1.54) is 0 Å². The first kappa shape index (κ1) is 14.5. The molecule has 0 unspecified atom stereocenters. The summed E-state index contributed by atoms with van der Waals surface area (Å²) in [6.07, 6.45) is 0. The fraction of sp³-hybridized carbons (Fsp3) is 0.400. The average Bonchev–Trinajstić information content (AvgIpc) is 2.86. The van der Waals surface area contributed by atoms with Crippen LogP contribution >= 0.6 is 0 Å². The highest BCUT2D eigenvalue weighted by Gasteiger charge is 2.21. The van der Waals surface area contributed by atoms with Crippen molar-refractivity contribution >= 4 is 28.8 Å². The number of imidazole rings is 1. The number of amides is 2. The van der Waals surface area contributed by atoms with E-state index in [9.17, 15) is 9.59 Å². The maximum atomic E-state index is 12.2. The third-order valence-corrected chi connectivity index (χ3v) is 3.74. The molecule has 0 bridgehead atoms. The van der Waals surface area contributed by atoms with Crippen molar-refractivity contribution in [2.45, 2.75) is 13.5 Å². The van der Waals surface area contributed by atoms with Crippen LogP contribution in [0, 0.1) is 0 Å². The van der Waals surface area contributed by atoms with Gasteiger partial charge in [-0.15, -0.1) is 0 Å². The van der Waals surface area contributed by atoms with Gasteiger partial charge in [0.25, 0.3) is 0 Å². The predicted octanol–water partition coefficient (Wildman–Crippen LogP) is 0.427.